The first kappa shape index (κ1) is 23.5. The number of anilines is 1. The molecule has 9 heteroatoms. The van der Waals surface area contributed by atoms with Gasteiger partial charge in [0.15, 0.2) is 5.78 Å². The van der Waals surface area contributed by atoms with E-state index in [1.165, 1.54) is 4.88 Å². The van der Waals surface area contributed by atoms with Gasteiger partial charge in [-0.1, -0.05) is 48.5 Å². The molecule has 0 spiro atoms. The lowest BCUT2D eigenvalue weighted by Gasteiger charge is -2.11. The molecule has 0 aliphatic rings. The van der Waals surface area contributed by atoms with Crippen molar-refractivity contribution in [1.82, 2.24) is 5.32 Å². The molecule has 3 rings (SSSR count). The lowest BCUT2D eigenvalue weighted by atomic mass is 10.0. The van der Waals surface area contributed by atoms with E-state index in [1.54, 1.807) is 47.7 Å². The van der Waals surface area contributed by atoms with Crippen LogP contribution in [0.4, 0.5) is 5.69 Å². The highest BCUT2D eigenvalue weighted by Gasteiger charge is 2.14. The van der Waals surface area contributed by atoms with E-state index in [4.69, 9.17) is 19.8 Å². The van der Waals surface area contributed by atoms with Crippen LogP contribution in [0, 0.1) is 0 Å². The second-order valence-electron chi connectivity index (χ2n) is 6.08. The number of carboxylic acid groups (broad SMARTS) is 2. The third-order valence-corrected chi connectivity index (χ3v) is 4.71. The predicted molar refractivity (Wildman–Crippen MR) is 116 cm³/mol. The predicted octanol–water partition coefficient (Wildman–Crippen LogP) is 2.86. The molecule has 0 radical (unpaired) electrons. The number of carbonyl (C=O) groups excluding carboxylic acids is 2. The van der Waals surface area contributed by atoms with Crippen molar-refractivity contribution in [3.63, 3.8) is 0 Å². The number of para-hydroxylation sites is 1. The van der Waals surface area contributed by atoms with Crippen molar-refractivity contribution >= 4 is 40.7 Å². The molecule has 0 bridgehead atoms. The molecule has 0 atom stereocenters. The van der Waals surface area contributed by atoms with Gasteiger partial charge in [0.2, 0.25) is 5.91 Å². The van der Waals surface area contributed by atoms with Crippen LogP contribution in [-0.2, 0) is 20.9 Å². The first-order valence-corrected chi connectivity index (χ1v) is 9.94. The summed E-state index contributed by atoms with van der Waals surface area (Å²) in [6, 6.07) is 20.1. The van der Waals surface area contributed by atoms with Crippen molar-refractivity contribution in [3.8, 4) is 0 Å². The van der Waals surface area contributed by atoms with Crippen LogP contribution in [0.5, 0.6) is 0 Å². The third kappa shape index (κ3) is 7.84. The maximum Gasteiger partial charge on any atom is 0.414 e. The Morgan fingerprint density at radius 2 is 1.45 bits per heavy atom. The van der Waals surface area contributed by atoms with Gasteiger partial charge in [-0.05, 0) is 23.6 Å². The summed E-state index contributed by atoms with van der Waals surface area (Å²) in [6.07, 6.45) is 0. The summed E-state index contributed by atoms with van der Waals surface area (Å²) < 4.78 is 0. The minimum Gasteiger partial charge on any atom is -0.473 e. The van der Waals surface area contributed by atoms with Crippen LogP contribution < -0.4 is 10.6 Å². The van der Waals surface area contributed by atoms with Crippen molar-refractivity contribution < 1.29 is 29.4 Å². The molecule has 0 aliphatic heterocycles. The summed E-state index contributed by atoms with van der Waals surface area (Å²) in [6.45, 7) is 0.835. The van der Waals surface area contributed by atoms with Crippen LogP contribution >= 0.6 is 11.3 Å². The second-order valence-corrected chi connectivity index (χ2v) is 7.11. The molecule has 0 fully saturated rings. The summed E-state index contributed by atoms with van der Waals surface area (Å²) in [7, 11) is 0. The number of nitrogens with one attached hydrogen (secondary N) is 2. The molecule has 4 N–H and O–H groups in total. The summed E-state index contributed by atoms with van der Waals surface area (Å²) in [5, 5.41) is 22.7. The van der Waals surface area contributed by atoms with Crippen LogP contribution in [-0.4, -0.2) is 40.4 Å². The summed E-state index contributed by atoms with van der Waals surface area (Å²) in [5.41, 5.74) is 1.61. The fourth-order valence-corrected chi connectivity index (χ4v) is 3.12. The number of ketones is 1. The molecule has 8 nitrogen and oxygen atoms in total. The van der Waals surface area contributed by atoms with E-state index < -0.39 is 11.9 Å². The van der Waals surface area contributed by atoms with Crippen molar-refractivity contribution in [2.45, 2.75) is 6.54 Å². The van der Waals surface area contributed by atoms with Gasteiger partial charge < -0.3 is 20.8 Å². The smallest absolute Gasteiger partial charge is 0.414 e. The van der Waals surface area contributed by atoms with Gasteiger partial charge in [0.05, 0.1) is 12.2 Å². The monoisotopic (exact) mass is 440 g/mol. The van der Waals surface area contributed by atoms with Crippen LogP contribution in [0.15, 0.2) is 72.1 Å². The van der Waals surface area contributed by atoms with E-state index in [0.717, 1.165) is 0 Å². The molecule has 160 valence electrons. The molecule has 0 unspecified atom stereocenters. The Bertz CT molecular complexity index is 1020. The molecule has 0 saturated carbocycles. The van der Waals surface area contributed by atoms with Crippen molar-refractivity contribution in [2.75, 3.05) is 11.9 Å². The van der Waals surface area contributed by atoms with E-state index in [-0.39, 0.29) is 18.2 Å². The third-order valence-electron chi connectivity index (χ3n) is 3.83. The Hall–Kier alpha value is -3.82. The Morgan fingerprint density at radius 3 is 2.06 bits per heavy atom. The normalized spacial score (nSPS) is 9.81. The first-order valence-electron chi connectivity index (χ1n) is 9.06. The van der Waals surface area contributed by atoms with Crippen LogP contribution in [0.2, 0.25) is 0 Å². The average molecular weight is 440 g/mol. The van der Waals surface area contributed by atoms with E-state index in [2.05, 4.69) is 10.6 Å². The van der Waals surface area contributed by atoms with Gasteiger partial charge in [0.1, 0.15) is 0 Å². The Morgan fingerprint density at radius 1 is 0.806 bits per heavy atom. The molecule has 31 heavy (non-hydrogen) atoms. The maximum atomic E-state index is 12.7. The van der Waals surface area contributed by atoms with Gasteiger partial charge in [0.25, 0.3) is 0 Å². The lowest BCUT2D eigenvalue weighted by Crippen LogP contribution is -2.28. The fourth-order valence-electron chi connectivity index (χ4n) is 2.44. The average Bonchev–Trinajstić information content (AvgIpc) is 3.28. The molecule has 1 aromatic heterocycles. The lowest BCUT2D eigenvalue weighted by molar-refractivity contribution is -0.159. The van der Waals surface area contributed by atoms with Gasteiger partial charge in [-0.3, -0.25) is 9.59 Å². The molecule has 3 aromatic rings. The minimum absolute atomic E-state index is 0.108. The Labute approximate surface area is 182 Å². The van der Waals surface area contributed by atoms with Crippen molar-refractivity contribution in [1.29, 1.82) is 0 Å². The summed E-state index contributed by atoms with van der Waals surface area (Å²) >= 11 is 1.64. The number of benzene rings is 2. The summed E-state index contributed by atoms with van der Waals surface area (Å²) in [4.78, 5) is 44.2. The topological polar surface area (TPSA) is 133 Å². The largest absolute Gasteiger partial charge is 0.473 e. The number of aliphatic carboxylic acids is 2. The zero-order valence-corrected chi connectivity index (χ0v) is 17.1. The maximum absolute atomic E-state index is 12.7. The highest BCUT2D eigenvalue weighted by molar-refractivity contribution is 7.09. The van der Waals surface area contributed by atoms with Crippen molar-refractivity contribution in [2.24, 2.45) is 0 Å². The summed E-state index contributed by atoms with van der Waals surface area (Å²) in [5.74, 6) is -3.93. The quantitative estimate of drug-likeness (QED) is 0.328. The molecule has 1 amide bonds. The molecule has 0 aliphatic carbocycles. The van der Waals surface area contributed by atoms with Crippen LogP contribution in [0.3, 0.4) is 0 Å². The van der Waals surface area contributed by atoms with Crippen molar-refractivity contribution in [3.05, 3.63) is 88.1 Å². The van der Waals surface area contributed by atoms with Crippen LogP contribution in [0.25, 0.3) is 0 Å². The number of thiophene rings is 1. The zero-order valence-electron chi connectivity index (χ0n) is 16.3. The van der Waals surface area contributed by atoms with Gasteiger partial charge in [0, 0.05) is 22.5 Å². The molecule has 2 aromatic carbocycles. The van der Waals surface area contributed by atoms with E-state index in [1.807, 2.05) is 35.7 Å². The Balaban J connectivity index is 0.000000501. The molecular weight excluding hydrogens is 420 g/mol. The minimum atomic E-state index is -1.82. The van der Waals surface area contributed by atoms with Gasteiger partial charge in [-0.15, -0.1) is 11.3 Å². The SMILES string of the molecule is O=C(CNCc1cccs1)Nc1ccccc1C(=O)c1ccccc1.O=C(O)C(=O)O. The first-order chi connectivity index (χ1) is 14.9. The number of amides is 1. The molecule has 1 heterocycles. The van der Waals surface area contributed by atoms with Gasteiger partial charge in [-0.2, -0.15) is 0 Å². The fraction of sp³-hybridized carbons (Fsp3) is 0.0909. The van der Waals surface area contributed by atoms with Crippen LogP contribution in [0.1, 0.15) is 20.8 Å². The number of carbonyl (C=O) groups is 4. The number of carboxylic acids is 2. The molecular formula is C22H20N2O6S. The van der Waals surface area contributed by atoms with E-state index >= 15 is 0 Å². The number of hydrogen-bond donors (Lipinski definition) is 4. The van der Waals surface area contributed by atoms with E-state index in [0.29, 0.717) is 23.4 Å². The van der Waals surface area contributed by atoms with Gasteiger partial charge in [-0.25, -0.2) is 9.59 Å². The van der Waals surface area contributed by atoms with Gasteiger partial charge >= 0.3 is 11.9 Å². The number of rotatable bonds is 7. The zero-order chi connectivity index (χ0) is 22.6. The highest BCUT2D eigenvalue weighted by Crippen LogP contribution is 2.19. The Kier molecular flexibility index (Phi) is 9.09. The number of hydrogen-bond acceptors (Lipinski definition) is 6. The molecule has 0 saturated heterocycles. The standard InChI is InChI=1S/C20H18N2O2S.C2H2O4/c23-19(14-21-13-16-9-6-12-25-16)22-18-11-5-4-10-17(18)20(24)15-7-2-1-3-8-15;3-1(4)2(5)6/h1-12,21H,13-14H2,(H,22,23);(H,3,4)(H,5,6). The van der Waals surface area contributed by atoms with E-state index in [9.17, 15) is 9.59 Å². The highest BCUT2D eigenvalue weighted by atomic mass is 32.1. The second kappa shape index (κ2) is 12.0.